The van der Waals surface area contributed by atoms with Crippen LogP contribution in [0.15, 0.2) is 46.9 Å². The van der Waals surface area contributed by atoms with Gasteiger partial charge in [-0.05, 0) is 48.9 Å². The fraction of sp³-hybridized carbons (Fsp3) is 0.188. The summed E-state index contributed by atoms with van der Waals surface area (Å²) in [5.74, 6) is 0.0199. The molecule has 0 radical (unpaired) electrons. The van der Waals surface area contributed by atoms with Crippen LogP contribution in [-0.2, 0) is 4.79 Å². The number of phenols is 1. The first kappa shape index (κ1) is 16.3. The lowest BCUT2D eigenvalue weighted by molar-refractivity contribution is -0.117. The van der Waals surface area contributed by atoms with E-state index in [1.54, 1.807) is 18.2 Å². The van der Waals surface area contributed by atoms with Gasteiger partial charge in [-0.15, -0.1) is 0 Å². The Morgan fingerprint density at radius 3 is 2.70 bits per heavy atom. The number of anilines is 1. The van der Waals surface area contributed by atoms with E-state index in [2.05, 4.69) is 32.1 Å². The average molecular weight is 397 g/mol. The van der Waals surface area contributed by atoms with Gasteiger partial charge in [0.2, 0.25) is 5.91 Å². The van der Waals surface area contributed by atoms with E-state index in [0.29, 0.717) is 17.0 Å². The highest BCUT2D eigenvalue weighted by Gasteiger charge is 2.31. The van der Waals surface area contributed by atoms with E-state index in [4.69, 9.17) is 11.6 Å². The minimum absolute atomic E-state index is 0.135. The molecule has 2 unspecified atom stereocenters. The predicted octanol–water partition coefficient (Wildman–Crippen LogP) is 3.35. The van der Waals surface area contributed by atoms with E-state index in [0.717, 1.165) is 10.2 Å². The Morgan fingerprint density at radius 2 is 1.96 bits per heavy atom. The summed E-state index contributed by atoms with van der Waals surface area (Å²) in [7, 11) is 0. The number of amides is 1. The number of hydrazine groups is 1. The van der Waals surface area contributed by atoms with E-state index >= 15 is 0 Å². The molecule has 2 aromatic carbocycles. The van der Waals surface area contributed by atoms with Crippen molar-refractivity contribution in [3.8, 4) is 5.75 Å². The Hall–Kier alpha value is -1.60. The number of hydrogen-bond donors (Lipinski definition) is 4. The third kappa shape index (κ3) is 3.84. The van der Waals surface area contributed by atoms with Gasteiger partial charge < -0.3 is 10.4 Å². The number of phenolic OH excluding ortho intramolecular Hbond substituents is 1. The second-order valence-electron chi connectivity index (χ2n) is 5.33. The summed E-state index contributed by atoms with van der Waals surface area (Å²) in [6.07, 6.45) is 0.510. The molecule has 0 spiro atoms. The van der Waals surface area contributed by atoms with Crippen LogP contribution in [0.5, 0.6) is 5.75 Å². The monoisotopic (exact) mass is 395 g/mol. The van der Waals surface area contributed by atoms with Crippen LogP contribution in [0.2, 0.25) is 5.02 Å². The molecule has 0 aromatic heterocycles. The van der Waals surface area contributed by atoms with Gasteiger partial charge in [0, 0.05) is 20.7 Å². The summed E-state index contributed by atoms with van der Waals surface area (Å²) in [5.41, 5.74) is 7.39. The van der Waals surface area contributed by atoms with Crippen molar-refractivity contribution < 1.29 is 9.90 Å². The topological polar surface area (TPSA) is 73.4 Å². The Kier molecular flexibility index (Phi) is 4.87. The molecule has 0 aliphatic carbocycles. The molecule has 2 aromatic rings. The largest absolute Gasteiger partial charge is 0.508 e. The molecule has 1 aliphatic rings. The van der Waals surface area contributed by atoms with Gasteiger partial charge in [0.15, 0.2) is 0 Å². The first-order valence-electron chi connectivity index (χ1n) is 7.09. The van der Waals surface area contributed by atoms with Crippen molar-refractivity contribution in [2.45, 2.75) is 18.5 Å². The number of nitrogens with one attached hydrogen (secondary N) is 3. The molecule has 1 saturated heterocycles. The molecule has 1 amide bonds. The molecule has 1 heterocycles. The van der Waals surface area contributed by atoms with Gasteiger partial charge >= 0.3 is 0 Å². The number of rotatable bonds is 3. The minimum atomic E-state index is -0.401. The summed E-state index contributed by atoms with van der Waals surface area (Å²) < 4.78 is 0.952. The van der Waals surface area contributed by atoms with Crippen LogP contribution in [0.25, 0.3) is 0 Å². The summed E-state index contributed by atoms with van der Waals surface area (Å²) in [5, 5.41) is 13.4. The van der Waals surface area contributed by atoms with Crippen LogP contribution in [0.1, 0.15) is 18.0 Å². The van der Waals surface area contributed by atoms with Gasteiger partial charge in [0.05, 0.1) is 6.04 Å². The second kappa shape index (κ2) is 6.88. The lowest BCUT2D eigenvalue weighted by Crippen LogP contribution is -2.39. The summed E-state index contributed by atoms with van der Waals surface area (Å²) >= 11 is 9.33. The molecule has 5 nitrogen and oxygen atoms in total. The lowest BCUT2D eigenvalue weighted by atomic mass is 10.0. The van der Waals surface area contributed by atoms with E-state index in [1.165, 1.54) is 0 Å². The van der Waals surface area contributed by atoms with Crippen LogP contribution in [0.4, 0.5) is 5.69 Å². The zero-order valence-corrected chi connectivity index (χ0v) is 14.4. The second-order valence-corrected chi connectivity index (χ2v) is 6.68. The van der Waals surface area contributed by atoms with Crippen LogP contribution in [0.3, 0.4) is 0 Å². The fourth-order valence-corrected chi connectivity index (χ4v) is 2.94. The van der Waals surface area contributed by atoms with Gasteiger partial charge in [0.25, 0.3) is 0 Å². The number of carbonyl (C=O) groups excluding carboxylic acids is 1. The summed E-state index contributed by atoms with van der Waals surface area (Å²) in [4.78, 5) is 12.3. The van der Waals surface area contributed by atoms with E-state index in [9.17, 15) is 9.90 Å². The van der Waals surface area contributed by atoms with E-state index in [-0.39, 0.29) is 17.7 Å². The van der Waals surface area contributed by atoms with Crippen molar-refractivity contribution in [1.82, 2.24) is 10.9 Å². The Balaban J connectivity index is 1.66. The fourth-order valence-electron chi connectivity index (χ4n) is 2.50. The van der Waals surface area contributed by atoms with Crippen LogP contribution >= 0.6 is 27.5 Å². The summed E-state index contributed by atoms with van der Waals surface area (Å²) in [6.45, 7) is 0. The quantitative estimate of drug-likeness (QED) is 0.642. The number of hydrogen-bond acceptors (Lipinski definition) is 4. The third-order valence-corrected chi connectivity index (χ3v) is 4.46. The summed E-state index contributed by atoms with van der Waals surface area (Å²) in [6, 6.07) is 11.7. The molecule has 3 rings (SSSR count). The molecule has 0 saturated carbocycles. The van der Waals surface area contributed by atoms with Gasteiger partial charge in [-0.1, -0.05) is 27.5 Å². The Morgan fingerprint density at radius 1 is 1.22 bits per heavy atom. The molecular weight excluding hydrogens is 382 g/mol. The molecular formula is C16H15BrClN3O2. The highest BCUT2D eigenvalue weighted by Crippen LogP contribution is 2.31. The van der Waals surface area contributed by atoms with Gasteiger partial charge in [-0.3, -0.25) is 4.79 Å². The van der Waals surface area contributed by atoms with Gasteiger partial charge in [0.1, 0.15) is 11.8 Å². The first-order chi connectivity index (χ1) is 11.0. The third-order valence-electron chi connectivity index (χ3n) is 3.70. The predicted molar refractivity (Wildman–Crippen MR) is 93.3 cm³/mol. The van der Waals surface area contributed by atoms with Crippen molar-refractivity contribution in [3.63, 3.8) is 0 Å². The number of carbonyl (C=O) groups is 1. The van der Waals surface area contributed by atoms with Crippen molar-refractivity contribution in [2.24, 2.45) is 0 Å². The van der Waals surface area contributed by atoms with E-state index < -0.39 is 6.04 Å². The number of halogens is 2. The molecule has 120 valence electrons. The Labute approximate surface area is 147 Å². The van der Waals surface area contributed by atoms with Gasteiger partial charge in [-0.2, -0.15) is 0 Å². The standard InChI is InChI=1S/C16H15BrClN3O2/c17-9-1-4-11(5-2-9)19-16(23)14-8-13(20-21-14)12-7-10(18)3-6-15(12)22/h1-7,13-14,20-22H,8H2,(H,19,23). The maximum Gasteiger partial charge on any atom is 0.242 e. The smallest absolute Gasteiger partial charge is 0.242 e. The van der Waals surface area contributed by atoms with Crippen molar-refractivity contribution in [2.75, 3.05) is 5.32 Å². The molecule has 1 fully saturated rings. The maximum atomic E-state index is 12.3. The normalized spacial score (nSPS) is 20.4. The zero-order chi connectivity index (χ0) is 16.4. The lowest BCUT2D eigenvalue weighted by Gasteiger charge is -2.12. The maximum absolute atomic E-state index is 12.3. The molecule has 4 N–H and O–H groups in total. The van der Waals surface area contributed by atoms with Crippen LogP contribution in [0, 0.1) is 0 Å². The van der Waals surface area contributed by atoms with Crippen molar-refractivity contribution in [1.29, 1.82) is 0 Å². The SMILES string of the molecule is O=C(Nc1ccc(Br)cc1)C1CC(c2cc(Cl)ccc2O)NN1. The van der Waals surface area contributed by atoms with Crippen LogP contribution < -0.4 is 16.2 Å². The molecule has 2 atom stereocenters. The molecule has 7 heteroatoms. The highest BCUT2D eigenvalue weighted by atomic mass is 79.9. The average Bonchev–Trinajstić information content (AvgIpc) is 3.02. The number of aromatic hydroxyl groups is 1. The number of benzene rings is 2. The Bertz CT molecular complexity index is 724. The minimum Gasteiger partial charge on any atom is -0.508 e. The highest BCUT2D eigenvalue weighted by molar-refractivity contribution is 9.10. The molecule has 1 aliphatic heterocycles. The van der Waals surface area contributed by atoms with E-state index in [1.807, 2.05) is 24.3 Å². The first-order valence-corrected chi connectivity index (χ1v) is 8.26. The van der Waals surface area contributed by atoms with Gasteiger partial charge in [-0.25, -0.2) is 10.9 Å². The molecule has 0 bridgehead atoms. The van der Waals surface area contributed by atoms with Crippen molar-refractivity contribution in [3.05, 3.63) is 57.5 Å². The zero-order valence-electron chi connectivity index (χ0n) is 12.0. The van der Waals surface area contributed by atoms with Crippen LogP contribution in [-0.4, -0.2) is 17.1 Å². The van der Waals surface area contributed by atoms with Crippen molar-refractivity contribution >= 4 is 39.1 Å². The molecule has 23 heavy (non-hydrogen) atoms.